The van der Waals surface area contributed by atoms with Crippen LogP contribution >= 0.6 is 0 Å². The standard InChI is InChI=1S/C32H58N2O9/c1-13-24-32(9,38-12)27(36)21(6)34(11)16-17(2)15-31(8)28(19(4)25(43-31)20(5)29(37)41-24)42-30-26(40-22(7)35)23(33-10)14-18(3)39-30/h17-21,23-28,30,33,36H,13-16H2,1-12H3/t17-,18-,19+,20-,21-,23-,24-,25-,26-,27-,28-,30+,31-,32-/m1/s1. The van der Waals surface area contributed by atoms with Gasteiger partial charge in [-0.15, -0.1) is 0 Å². The minimum atomic E-state index is -1.11. The van der Waals surface area contributed by atoms with Crippen LogP contribution in [-0.2, 0) is 38.0 Å². The highest BCUT2D eigenvalue weighted by Crippen LogP contribution is 2.46. The van der Waals surface area contributed by atoms with E-state index in [2.05, 4.69) is 17.1 Å². The summed E-state index contributed by atoms with van der Waals surface area (Å²) in [5.41, 5.74) is -1.89. The first-order valence-electron chi connectivity index (χ1n) is 16.0. The lowest BCUT2D eigenvalue weighted by molar-refractivity contribution is -0.280. The molecule has 43 heavy (non-hydrogen) atoms. The number of esters is 2. The number of nitrogens with one attached hydrogen (secondary N) is 1. The lowest BCUT2D eigenvalue weighted by atomic mass is 9.82. The highest BCUT2D eigenvalue weighted by atomic mass is 16.7. The summed E-state index contributed by atoms with van der Waals surface area (Å²) in [5.74, 6) is -1.51. The number of rotatable bonds is 6. The number of likely N-dealkylation sites (N-methyl/N-ethyl adjacent to an activating group) is 2. The molecule has 2 bridgehead atoms. The zero-order valence-corrected chi connectivity index (χ0v) is 28.4. The maximum atomic E-state index is 13.7. The molecule has 3 aliphatic heterocycles. The monoisotopic (exact) mass is 614 g/mol. The fourth-order valence-corrected chi connectivity index (χ4v) is 7.68. The number of carbonyl (C=O) groups is 2. The van der Waals surface area contributed by atoms with Crippen LogP contribution in [0.1, 0.15) is 81.6 Å². The summed E-state index contributed by atoms with van der Waals surface area (Å²) in [6.45, 7) is 17.8. The molecular weight excluding hydrogens is 556 g/mol. The molecule has 0 unspecified atom stereocenters. The van der Waals surface area contributed by atoms with Gasteiger partial charge in [-0.2, -0.15) is 0 Å². The van der Waals surface area contributed by atoms with E-state index in [9.17, 15) is 14.7 Å². The average Bonchev–Trinajstić information content (AvgIpc) is 3.18. The molecule has 14 atom stereocenters. The minimum absolute atomic E-state index is 0.119. The Morgan fingerprint density at radius 3 is 2.40 bits per heavy atom. The van der Waals surface area contributed by atoms with Crippen LogP contribution in [-0.4, -0.2) is 116 Å². The third-order valence-electron chi connectivity index (χ3n) is 10.2. The molecule has 2 N–H and O–H groups in total. The van der Waals surface area contributed by atoms with E-state index in [0.717, 1.165) is 0 Å². The number of fused-ring (bicyclic) bond motifs is 2. The summed E-state index contributed by atoms with van der Waals surface area (Å²) in [4.78, 5) is 27.9. The Morgan fingerprint density at radius 1 is 1.19 bits per heavy atom. The van der Waals surface area contributed by atoms with Gasteiger partial charge in [0.05, 0.1) is 35.9 Å². The van der Waals surface area contributed by atoms with Gasteiger partial charge >= 0.3 is 11.9 Å². The van der Waals surface area contributed by atoms with Gasteiger partial charge in [0.25, 0.3) is 0 Å². The maximum Gasteiger partial charge on any atom is 0.311 e. The predicted octanol–water partition coefficient (Wildman–Crippen LogP) is 2.90. The van der Waals surface area contributed by atoms with Gasteiger partial charge in [0.1, 0.15) is 17.8 Å². The van der Waals surface area contributed by atoms with Crippen LogP contribution in [0.25, 0.3) is 0 Å². The van der Waals surface area contributed by atoms with E-state index >= 15 is 0 Å². The number of methoxy groups -OCH3 is 1. The van der Waals surface area contributed by atoms with E-state index in [-0.39, 0.29) is 30.0 Å². The molecule has 3 saturated heterocycles. The zero-order chi connectivity index (χ0) is 32.4. The number of hydrogen-bond donors (Lipinski definition) is 2. The Hall–Kier alpha value is -1.34. The van der Waals surface area contributed by atoms with Crippen LogP contribution in [0.4, 0.5) is 0 Å². The van der Waals surface area contributed by atoms with Crippen LogP contribution in [0, 0.1) is 17.8 Å². The molecule has 3 aliphatic rings. The minimum Gasteiger partial charge on any atom is -0.459 e. The van der Waals surface area contributed by atoms with E-state index < -0.39 is 65.9 Å². The van der Waals surface area contributed by atoms with Crippen LogP contribution in [0.3, 0.4) is 0 Å². The summed E-state index contributed by atoms with van der Waals surface area (Å²) in [7, 11) is 5.37. The zero-order valence-electron chi connectivity index (χ0n) is 28.4. The number of cyclic esters (lactones) is 1. The number of hydrogen-bond acceptors (Lipinski definition) is 11. The maximum absolute atomic E-state index is 13.7. The van der Waals surface area contributed by atoms with Crippen molar-refractivity contribution in [3.8, 4) is 0 Å². The van der Waals surface area contributed by atoms with Crippen molar-refractivity contribution in [3.63, 3.8) is 0 Å². The van der Waals surface area contributed by atoms with Crippen LogP contribution in [0.15, 0.2) is 0 Å². The Labute approximate surface area is 258 Å². The molecule has 250 valence electrons. The van der Waals surface area contributed by atoms with Crippen molar-refractivity contribution in [2.24, 2.45) is 17.8 Å². The van der Waals surface area contributed by atoms with Crippen molar-refractivity contribution in [2.45, 2.75) is 148 Å². The Kier molecular flexibility index (Phi) is 12.1. The van der Waals surface area contributed by atoms with Crippen molar-refractivity contribution in [2.75, 3.05) is 27.7 Å². The molecule has 0 aromatic rings. The molecule has 0 spiro atoms. The van der Waals surface area contributed by atoms with Crippen LogP contribution < -0.4 is 5.32 Å². The summed E-state index contributed by atoms with van der Waals surface area (Å²) >= 11 is 0. The van der Waals surface area contributed by atoms with E-state index in [1.54, 1.807) is 7.11 Å². The average molecular weight is 615 g/mol. The summed E-state index contributed by atoms with van der Waals surface area (Å²) < 4.78 is 37.6. The molecule has 0 aromatic carbocycles. The molecule has 3 heterocycles. The van der Waals surface area contributed by atoms with Crippen LogP contribution in [0.2, 0.25) is 0 Å². The predicted molar refractivity (Wildman–Crippen MR) is 161 cm³/mol. The molecular formula is C32H58N2O9. The topological polar surface area (TPSA) is 125 Å². The van der Waals surface area contributed by atoms with E-state index in [4.69, 9.17) is 28.4 Å². The van der Waals surface area contributed by atoms with E-state index in [1.807, 2.05) is 62.6 Å². The van der Waals surface area contributed by atoms with Gasteiger partial charge in [0.15, 0.2) is 12.4 Å². The van der Waals surface area contributed by atoms with Gasteiger partial charge < -0.3 is 43.7 Å². The number of aliphatic hydroxyl groups excluding tert-OH is 1. The molecule has 3 fully saturated rings. The van der Waals surface area contributed by atoms with Crippen molar-refractivity contribution in [1.29, 1.82) is 0 Å². The second-order valence-electron chi connectivity index (χ2n) is 13.8. The smallest absolute Gasteiger partial charge is 0.311 e. The highest BCUT2D eigenvalue weighted by Gasteiger charge is 2.57. The number of carbonyl (C=O) groups excluding carboxylic acids is 2. The Bertz CT molecular complexity index is 954. The van der Waals surface area contributed by atoms with Crippen molar-refractivity contribution < 1.29 is 43.1 Å². The van der Waals surface area contributed by atoms with Crippen molar-refractivity contribution in [3.05, 3.63) is 0 Å². The first kappa shape index (κ1) is 36.1. The SMILES string of the molecule is CC[C@H]1OC(=O)[C@H](C)[C@@H]2O[C@](C)(C[C@@H](C)CN(C)[C@H](C)[C@@H](O)[C@]1(C)OC)[C@H](O[C@@H]1O[C@H](C)C[C@@H](NC)[C@H]1OC(C)=O)[C@H]2C. The lowest BCUT2D eigenvalue weighted by Gasteiger charge is -2.45. The van der Waals surface area contributed by atoms with Crippen molar-refractivity contribution in [1.82, 2.24) is 10.2 Å². The molecule has 0 aliphatic carbocycles. The molecule has 0 amide bonds. The molecule has 3 rings (SSSR count). The van der Waals surface area contributed by atoms with Gasteiger partial charge in [0.2, 0.25) is 0 Å². The molecule has 11 heteroatoms. The van der Waals surface area contributed by atoms with Crippen molar-refractivity contribution >= 4 is 11.9 Å². The molecule has 0 aromatic heterocycles. The first-order valence-corrected chi connectivity index (χ1v) is 16.0. The number of ether oxygens (including phenoxy) is 6. The lowest BCUT2D eigenvalue weighted by Crippen LogP contribution is -2.60. The van der Waals surface area contributed by atoms with Gasteiger partial charge in [-0.25, -0.2) is 0 Å². The van der Waals surface area contributed by atoms with Gasteiger partial charge in [-0.05, 0) is 73.9 Å². The molecule has 0 radical (unpaired) electrons. The highest BCUT2D eigenvalue weighted by molar-refractivity contribution is 5.73. The summed E-state index contributed by atoms with van der Waals surface area (Å²) in [6, 6.07) is -0.425. The Balaban J connectivity index is 2.02. The normalized spacial score (nSPS) is 47.0. The largest absolute Gasteiger partial charge is 0.459 e. The molecule has 0 saturated carbocycles. The van der Waals surface area contributed by atoms with E-state index in [1.165, 1.54) is 6.92 Å². The second kappa shape index (κ2) is 14.4. The van der Waals surface area contributed by atoms with E-state index in [0.29, 0.717) is 25.8 Å². The number of nitrogens with zero attached hydrogens (tertiary/aromatic N) is 1. The van der Waals surface area contributed by atoms with Gasteiger partial charge in [-0.3, -0.25) is 9.59 Å². The third-order valence-corrected chi connectivity index (χ3v) is 10.2. The van der Waals surface area contributed by atoms with Gasteiger partial charge in [-0.1, -0.05) is 20.8 Å². The van der Waals surface area contributed by atoms with Crippen LogP contribution in [0.5, 0.6) is 0 Å². The Morgan fingerprint density at radius 2 is 1.84 bits per heavy atom. The first-order chi connectivity index (χ1) is 20.0. The number of aliphatic hydroxyl groups is 1. The second-order valence-corrected chi connectivity index (χ2v) is 13.8. The fraction of sp³-hybridized carbons (Fsp3) is 0.938. The summed E-state index contributed by atoms with van der Waals surface area (Å²) in [5, 5.41) is 14.8. The molecule has 11 nitrogen and oxygen atoms in total. The summed E-state index contributed by atoms with van der Waals surface area (Å²) in [6.07, 6.45) is -2.36. The van der Waals surface area contributed by atoms with Gasteiger partial charge in [0, 0.05) is 32.5 Å². The fourth-order valence-electron chi connectivity index (χ4n) is 7.68. The third kappa shape index (κ3) is 7.56. The quantitative estimate of drug-likeness (QED) is 0.429.